The van der Waals surface area contributed by atoms with E-state index in [-0.39, 0.29) is 17.4 Å². The third kappa shape index (κ3) is 2.38. The van der Waals surface area contributed by atoms with Gasteiger partial charge in [0.1, 0.15) is 5.82 Å². The Hall–Kier alpha value is -1.76. The minimum atomic E-state index is -0.553. The van der Waals surface area contributed by atoms with Crippen molar-refractivity contribution < 1.29 is 9.50 Å². The molecule has 2 aromatic rings. The summed E-state index contributed by atoms with van der Waals surface area (Å²) < 4.78 is 15.6. The number of aromatic nitrogens is 1. The second-order valence-corrected chi connectivity index (χ2v) is 6.60. The maximum absolute atomic E-state index is 13.9. The van der Waals surface area contributed by atoms with Gasteiger partial charge >= 0.3 is 0 Å². The Bertz CT molecular complexity index is 833. The first kappa shape index (κ1) is 14.8. The maximum atomic E-state index is 13.9. The summed E-state index contributed by atoms with van der Waals surface area (Å²) in [6.45, 7) is 2.27. The lowest BCUT2D eigenvalue weighted by Gasteiger charge is -2.33. The summed E-state index contributed by atoms with van der Waals surface area (Å²) in [6.07, 6.45) is 0.736. The first-order valence-corrected chi connectivity index (χ1v) is 8.04. The van der Waals surface area contributed by atoms with Crippen LogP contribution in [0.1, 0.15) is 17.5 Å². The maximum Gasteiger partial charge on any atom is 0.255 e. The molecule has 3 N–H and O–H groups in total. The van der Waals surface area contributed by atoms with E-state index in [4.69, 9.17) is 5.73 Å². The van der Waals surface area contributed by atoms with Crippen molar-refractivity contribution >= 4 is 10.9 Å². The van der Waals surface area contributed by atoms with Crippen LogP contribution in [0, 0.1) is 5.82 Å². The highest BCUT2D eigenvalue weighted by molar-refractivity contribution is 5.84. The molecule has 122 valence electrons. The van der Waals surface area contributed by atoms with Gasteiger partial charge in [0, 0.05) is 43.3 Å². The Balaban J connectivity index is 1.71. The van der Waals surface area contributed by atoms with Crippen LogP contribution in [0.15, 0.2) is 23.0 Å². The van der Waals surface area contributed by atoms with Gasteiger partial charge < -0.3 is 15.4 Å². The number of pyridine rings is 1. The first-order valence-electron chi connectivity index (χ1n) is 8.04. The van der Waals surface area contributed by atoms with Gasteiger partial charge in [0.25, 0.3) is 5.56 Å². The molecule has 6 heteroatoms. The van der Waals surface area contributed by atoms with Gasteiger partial charge in [-0.3, -0.25) is 9.69 Å². The van der Waals surface area contributed by atoms with E-state index < -0.39 is 6.10 Å². The SMILES string of the molecule is N[C@H]1CCN(Cc2cc3ccc(F)c4c3n(c2=O)CC4)C[C@H]1O. The number of piperidine rings is 1. The number of aliphatic hydroxyl groups excluding tert-OH is 1. The molecule has 0 bridgehead atoms. The fourth-order valence-corrected chi connectivity index (χ4v) is 3.78. The fraction of sp³-hybridized carbons (Fsp3) is 0.471. The van der Waals surface area contributed by atoms with E-state index in [0.29, 0.717) is 37.2 Å². The fourth-order valence-electron chi connectivity index (χ4n) is 3.78. The molecule has 1 aromatic carbocycles. The lowest BCUT2D eigenvalue weighted by Crippen LogP contribution is -2.50. The van der Waals surface area contributed by atoms with Crippen molar-refractivity contribution in [1.29, 1.82) is 0 Å². The third-order valence-corrected chi connectivity index (χ3v) is 5.07. The summed E-state index contributed by atoms with van der Waals surface area (Å²) in [5, 5.41) is 10.8. The summed E-state index contributed by atoms with van der Waals surface area (Å²) in [6, 6.07) is 4.89. The van der Waals surface area contributed by atoms with Crippen molar-refractivity contribution in [2.75, 3.05) is 13.1 Å². The molecule has 0 radical (unpaired) electrons. The number of hydrogen-bond donors (Lipinski definition) is 2. The second kappa shape index (κ2) is 5.40. The van der Waals surface area contributed by atoms with Crippen LogP contribution in [0.25, 0.3) is 10.9 Å². The van der Waals surface area contributed by atoms with Crippen LogP contribution < -0.4 is 11.3 Å². The molecule has 2 aliphatic heterocycles. The molecule has 23 heavy (non-hydrogen) atoms. The molecule has 0 amide bonds. The van der Waals surface area contributed by atoms with E-state index >= 15 is 0 Å². The number of benzene rings is 1. The zero-order valence-corrected chi connectivity index (χ0v) is 12.8. The molecule has 1 saturated heterocycles. The number of likely N-dealkylation sites (tertiary alicyclic amines) is 1. The molecule has 3 heterocycles. The summed E-state index contributed by atoms with van der Waals surface area (Å²) >= 11 is 0. The molecular formula is C17H20FN3O2. The Morgan fingerprint density at radius 3 is 2.96 bits per heavy atom. The zero-order chi connectivity index (χ0) is 16.1. The Morgan fingerprint density at radius 2 is 2.17 bits per heavy atom. The number of β-amino-alcohol motifs (C(OH)–C–C–N with tert-alkyl or cyclic N) is 1. The number of rotatable bonds is 2. The van der Waals surface area contributed by atoms with Crippen molar-refractivity contribution in [3.05, 3.63) is 45.5 Å². The first-order chi connectivity index (χ1) is 11.0. The van der Waals surface area contributed by atoms with Crippen LogP contribution in [0.4, 0.5) is 4.39 Å². The van der Waals surface area contributed by atoms with Crippen LogP contribution in [0.2, 0.25) is 0 Å². The van der Waals surface area contributed by atoms with Crippen molar-refractivity contribution in [2.24, 2.45) is 5.73 Å². The van der Waals surface area contributed by atoms with E-state index in [9.17, 15) is 14.3 Å². The van der Waals surface area contributed by atoms with Gasteiger partial charge in [0.05, 0.1) is 11.6 Å². The molecule has 2 aliphatic rings. The molecule has 5 nitrogen and oxygen atoms in total. The molecular weight excluding hydrogens is 297 g/mol. The van der Waals surface area contributed by atoms with Gasteiger partial charge in [-0.2, -0.15) is 0 Å². The number of aryl methyl sites for hydroxylation is 2. The van der Waals surface area contributed by atoms with E-state index in [1.165, 1.54) is 6.07 Å². The molecule has 4 rings (SSSR count). The van der Waals surface area contributed by atoms with Gasteiger partial charge in [-0.25, -0.2) is 4.39 Å². The van der Waals surface area contributed by atoms with E-state index in [1.807, 2.05) is 6.07 Å². The van der Waals surface area contributed by atoms with Crippen LogP contribution in [-0.4, -0.2) is 39.8 Å². The van der Waals surface area contributed by atoms with Gasteiger partial charge in [-0.1, -0.05) is 0 Å². The molecule has 1 aromatic heterocycles. The number of nitrogens with zero attached hydrogens (tertiary/aromatic N) is 2. The summed E-state index contributed by atoms with van der Waals surface area (Å²) in [7, 11) is 0. The molecule has 0 spiro atoms. The van der Waals surface area contributed by atoms with Crippen molar-refractivity contribution in [3.63, 3.8) is 0 Å². The summed E-state index contributed by atoms with van der Waals surface area (Å²) in [5.74, 6) is -0.232. The monoisotopic (exact) mass is 317 g/mol. The largest absolute Gasteiger partial charge is 0.390 e. The minimum absolute atomic E-state index is 0.0498. The van der Waals surface area contributed by atoms with E-state index in [1.54, 1.807) is 10.6 Å². The standard InChI is InChI=1S/C17H20FN3O2/c18-13-2-1-10-7-11(8-20-5-4-14(19)15(22)9-20)17(23)21-6-3-12(13)16(10)21/h1-2,7,14-15,22H,3-6,8-9,19H2/t14-,15+/m0/s1. The predicted octanol–water partition coefficient (Wildman–Crippen LogP) is 0.591. The molecule has 0 unspecified atom stereocenters. The minimum Gasteiger partial charge on any atom is -0.390 e. The Labute approximate surface area is 133 Å². The topological polar surface area (TPSA) is 71.5 Å². The average molecular weight is 317 g/mol. The Morgan fingerprint density at radius 1 is 1.35 bits per heavy atom. The van der Waals surface area contributed by atoms with Crippen LogP contribution in [-0.2, 0) is 19.5 Å². The summed E-state index contributed by atoms with van der Waals surface area (Å²) in [4.78, 5) is 14.8. The van der Waals surface area contributed by atoms with Crippen molar-refractivity contribution in [3.8, 4) is 0 Å². The summed E-state index contributed by atoms with van der Waals surface area (Å²) in [5.41, 5.74) is 7.85. The number of nitrogens with two attached hydrogens (primary N) is 1. The number of halogens is 1. The highest BCUT2D eigenvalue weighted by atomic mass is 19.1. The highest BCUT2D eigenvalue weighted by Crippen LogP contribution is 2.27. The average Bonchev–Trinajstić information content (AvgIpc) is 2.98. The Kier molecular flexibility index (Phi) is 3.48. The molecule has 0 aliphatic carbocycles. The van der Waals surface area contributed by atoms with Gasteiger partial charge in [0.2, 0.25) is 0 Å². The van der Waals surface area contributed by atoms with Crippen molar-refractivity contribution in [2.45, 2.75) is 38.1 Å². The van der Waals surface area contributed by atoms with Gasteiger partial charge in [0.15, 0.2) is 0 Å². The number of aliphatic hydroxyl groups is 1. The molecule has 1 fully saturated rings. The quantitative estimate of drug-likeness (QED) is 0.850. The smallest absolute Gasteiger partial charge is 0.255 e. The highest BCUT2D eigenvalue weighted by Gasteiger charge is 2.26. The van der Waals surface area contributed by atoms with E-state index in [0.717, 1.165) is 23.9 Å². The van der Waals surface area contributed by atoms with Gasteiger partial charge in [-0.05, 0) is 36.4 Å². The normalized spacial score (nSPS) is 24.5. The number of hydrogen-bond acceptors (Lipinski definition) is 4. The van der Waals surface area contributed by atoms with Gasteiger partial charge in [-0.15, -0.1) is 0 Å². The second-order valence-electron chi connectivity index (χ2n) is 6.60. The third-order valence-electron chi connectivity index (χ3n) is 5.07. The predicted molar refractivity (Wildman–Crippen MR) is 85.7 cm³/mol. The van der Waals surface area contributed by atoms with Crippen LogP contribution in [0.5, 0.6) is 0 Å². The lowest BCUT2D eigenvalue weighted by molar-refractivity contribution is 0.0497. The molecule has 0 saturated carbocycles. The zero-order valence-electron chi connectivity index (χ0n) is 12.8. The van der Waals surface area contributed by atoms with Crippen LogP contribution in [0.3, 0.4) is 0 Å². The van der Waals surface area contributed by atoms with Crippen molar-refractivity contribution in [1.82, 2.24) is 9.47 Å². The van der Waals surface area contributed by atoms with Crippen LogP contribution >= 0.6 is 0 Å². The van der Waals surface area contributed by atoms with E-state index in [2.05, 4.69) is 4.90 Å². The molecule has 2 atom stereocenters. The lowest BCUT2D eigenvalue weighted by atomic mass is 10.0.